The number of benzene rings is 2. The molecular formula is C14H11ClN2S. The number of aromatic nitrogens is 1. The molecule has 0 radical (unpaired) electrons. The predicted molar refractivity (Wildman–Crippen MR) is 79.2 cm³/mol. The van der Waals surface area contributed by atoms with E-state index < -0.39 is 0 Å². The van der Waals surface area contributed by atoms with Crippen molar-refractivity contribution in [2.24, 2.45) is 0 Å². The molecule has 4 heteroatoms. The molecule has 0 saturated carbocycles. The SMILES string of the molecule is Cc1ccc2sc(-c3cc(Cl)ccc3N)nc2c1. The van der Waals surface area contributed by atoms with E-state index in [1.54, 1.807) is 17.4 Å². The van der Waals surface area contributed by atoms with Gasteiger partial charge < -0.3 is 5.73 Å². The van der Waals surface area contributed by atoms with Gasteiger partial charge in [-0.15, -0.1) is 11.3 Å². The largest absolute Gasteiger partial charge is 0.398 e. The first-order chi connectivity index (χ1) is 8.63. The van der Waals surface area contributed by atoms with E-state index in [1.165, 1.54) is 5.56 Å². The molecule has 3 rings (SSSR count). The zero-order valence-electron chi connectivity index (χ0n) is 9.77. The number of thiazole rings is 1. The van der Waals surface area contributed by atoms with Crippen LogP contribution in [0.5, 0.6) is 0 Å². The summed E-state index contributed by atoms with van der Waals surface area (Å²) in [6.45, 7) is 2.06. The van der Waals surface area contributed by atoms with E-state index in [-0.39, 0.29) is 0 Å². The lowest BCUT2D eigenvalue weighted by molar-refractivity contribution is 1.44. The molecular weight excluding hydrogens is 264 g/mol. The minimum atomic E-state index is 0.676. The number of hydrogen-bond acceptors (Lipinski definition) is 3. The Morgan fingerprint density at radius 2 is 2.00 bits per heavy atom. The lowest BCUT2D eigenvalue weighted by Gasteiger charge is -2.01. The highest BCUT2D eigenvalue weighted by Crippen LogP contribution is 2.35. The number of anilines is 1. The molecule has 0 spiro atoms. The maximum absolute atomic E-state index is 6.01. The molecule has 2 nitrogen and oxygen atoms in total. The van der Waals surface area contributed by atoms with E-state index in [1.807, 2.05) is 12.1 Å². The number of nitrogens with two attached hydrogens (primary N) is 1. The van der Waals surface area contributed by atoms with Crippen LogP contribution in [0.1, 0.15) is 5.56 Å². The summed E-state index contributed by atoms with van der Waals surface area (Å²) in [6, 6.07) is 11.7. The van der Waals surface area contributed by atoms with Crippen LogP contribution in [0.3, 0.4) is 0 Å². The molecule has 90 valence electrons. The van der Waals surface area contributed by atoms with E-state index in [0.717, 1.165) is 20.8 Å². The summed E-state index contributed by atoms with van der Waals surface area (Å²) < 4.78 is 1.16. The average molecular weight is 275 g/mol. The Labute approximate surface area is 114 Å². The van der Waals surface area contributed by atoms with Crippen molar-refractivity contribution in [2.75, 3.05) is 5.73 Å². The molecule has 0 fully saturated rings. The van der Waals surface area contributed by atoms with Crippen molar-refractivity contribution in [3.05, 3.63) is 47.0 Å². The van der Waals surface area contributed by atoms with Gasteiger partial charge in [-0.2, -0.15) is 0 Å². The molecule has 1 heterocycles. The van der Waals surface area contributed by atoms with Crippen LogP contribution >= 0.6 is 22.9 Å². The minimum absolute atomic E-state index is 0.676. The van der Waals surface area contributed by atoms with Gasteiger partial charge in [0.2, 0.25) is 0 Å². The zero-order valence-corrected chi connectivity index (χ0v) is 11.3. The molecule has 1 aromatic heterocycles. The number of hydrogen-bond donors (Lipinski definition) is 1. The van der Waals surface area contributed by atoms with E-state index in [9.17, 15) is 0 Å². The van der Waals surface area contributed by atoms with Crippen LogP contribution in [-0.4, -0.2) is 4.98 Å². The second-order valence-electron chi connectivity index (χ2n) is 4.22. The Bertz CT molecular complexity index is 734. The van der Waals surface area contributed by atoms with Crippen molar-refractivity contribution in [3.8, 4) is 10.6 Å². The van der Waals surface area contributed by atoms with Gasteiger partial charge in [-0.05, 0) is 42.8 Å². The summed E-state index contributed by atoms with van der Waals surface area (Å²) in [5, 5.41) is 1.59. The maximum Gasteiger partial charge on any atom is 0.126 e. The highest BCUT2D eigenvalue weighted by Gasteiger charge is 2.09. The maximum atomic E-state index is 6.01. The number of nitrogen functional groups attached to an aromatic ring is 1. The van der Waals surface area contributed by atoms with E-state index in [2.05, 4.69) is 30.1 Å². The molecule has 2 aromatic carbocycles. The van der Waals surface area contributed by atoms with Crippen molar-refractivity contribution in [3.63, 3.8) is 0 Å². The first kappa shape index (κ1) is 11.5. The van der Waals surface area contributed by atoms with Crippen LogP contribution in [-0.2, 0) is 0 Å². The third kappa shape index (κ3) is 1.96. The summed E-state index contributed by atoms with van der Waals surface area (Å²) in [7, 11) is 0. The minimum Gasteiger partial charge on any atom is -0.398 e. The zero-order chi connectivity index (χ0) is 12.7. The van der Waals surface area contributed by atoms with E-state index in [4.69, 9.17) is 17.3 Å². The number of aryl methyl sites for hydroxylation is 1. The van der Waals surface area contributed by atoms with Crippen molar-refractivity contribution in [2.45, 2.75) is 6.92 Å². The fraction of sp³-hybridized carbons (Fsp3) is 0.0714. The summed E-state index contributed by atoms with van der Waals surface area (Å²) in [5.41, 5.74) is 9.80. The smallest absolute Gasteiger partial charge is 0.126 e. The average Bonchev–Trinajstić information content (AvgIpc) is 2.74. The Balaban J connectivity index is 2.22. The summed E-state index contributed by atoms with van der Waals surface area (Å²) in [6.07, 6.45) is 0. The molecule has 0 saturated heterocycles. The molecule has 0 aliphatic carbocycles. The van der Waals surface area contributed by atoms with Gasteiger partial charge in [-0.25, -0.2) is 4.98 Å². The van der Waals surface area contributed by atoms with Crippen LogP contribution in [0.25, 0.3) is 20.8 Å². The van der Waals surface area contributed by atoms with Gasteiger partial charge in [0.05, 0.1) is 10.2 Å². The molecule has 0 atom stereocenters. The monoisotopic (exact) mass is 274 g/mol. The number of rotatable bonds is 1. The lowest BCUT2D eigenvalue weighted by Crippen LogP contribution is -1.88. The first-order valence-electron chi connectivity index (χ1n) is 5.56. The van der Waals surface area contributed by atoms with Gasteiger partial charge in [-0.3, -0.25) is 0 Å². The fourth-order valence-electron chi connectivity index (χ4n) is 1.87. The van der Waals surface area contributed by atoms with Crippen molar-refractivity contribution in [1.29, 1.82) is 0 Å². The molecule has 2 N–H and O–H groups in total. The lowest BCUT2D eigenvalue weighted by atomic mass is 10.2. The van der Waals surface area contributed by atoms with Gasteiger partial charge in [0.25, 0.3) is 0 Å². The van der Waals surface area contributed by atoms with Gasteiger partial charge in [0.1, 0.15) is 5.01 Å². The van der Waals surface area contributed by atoms with E-state index >= 15 is 0 Å². The Kier molecular flexibility index (Phi) is 2.73. The molecule has 0 unspecified atom stereocenters. The van der Waals surface area contributed by atoms with Crippen LogP contribution in [0.2, 0.25) is 5.02 Å². The van der Waals surface area contributed by atoms with Crippen LogP contribution in [0, 0.1) is 6.92 Å². The Hall–Kier alpha value is -1.58. The summed E-state index contributed by atoms with van der Waals surface area (Å²) >= 11 is 7.64. The summed E-state index contributed by atoms with van der Waals surface area (Å²) in [5.74, 6) is 0. The highest BCUT2D eigenvalue weighted by atomic mass is 35.5. The van der Waals surface area contributed by atoms with Crippen LogP contribution in [0.15, 0.2) is 36.4 Å². The predicted octanol–water partition coefficient (Wildman–Crippen LogP) is 4.51. The third-order valence-corrected chi connectivity index (χ3v) is 4.09. The molecule has 0 aliphatic heterocycles. The normalized spacial score (nSPS) is 11.0. The molecule has 18 heavy (non-hydrogen) atoms. The first-order valence-corrected chi connectivity index (χ1v) is 6.75. The van der Waals surface area contributed by atoms with Gasteiger partial charge in [0, 0.05) is 16.3 Å². The standard InChI is InChI=1S/C14H11ClN2S/c1-8-2-5-13-12(6-8)17-14(18-13)10-7-9(15)3-4-11(10)16/h2-7H,16H2,1H3. The molecule has 0 amide bonds. The molecule has 3 aromatic rings. The second kappa shape index (κ2) is 4.26. The highest BCUT2D eigenvalue weighted by molar-refractivity contribution is 7.21. The quantitative estimate of drug-likeness (QED) is 0.663. The van der Waals surface area contributed by atoms with Crippen LogP contribution < -0.4 is 5.73 Å². The third-order valence-electron chi connectivity index (χ3n) is 2.79. The second-order valence-corrected chi connectivity index (χ2v) is 5.69. The van der Waals surface area contributed by atoms with E-state index in [0.29, 0.717) is 10.7 Å². The number of fused-ring (bicyclic) bond motifs is 1. The van der Waals surface area contributed by atoms with Gasteiger partial charge >= 0.3 is 0 Å². The molecule has 0 bridgehead atoms. The Morgan fingerprint density at radius 1 is 1.17 bits per heavy atom. The van der Waals surface area contributed by atoms with Gasteiger partial charge in [0.15, 0.2) is 0 Å². The van der Waals surface area contributed by atoms with Crippen LogP contribution in [0.4, 0.5) is 5.69 Å². The fourth-order valence-corrected chi connectivity index (χ4v) is 3.02. The van der Waals surface area contributed by atoms with Gasteiger partial charge in [-0.1, -0.05) is 17.7 Å². The topological polar surface area (TPSA) is 38.9 Å². The van der Waals surface area contributed by atoms with Crippen molar-refractivity contribution >= 4 is 38.8 Å². The van der Waals surface area contributed by atoms with Crippen molar-refractivity contribution in [1.82, 2.24) is 4.98 Å². The van der Waals surface area contributed by atoms with Crippen molar-refractivity contribution < 1.29 is 0 Å². The molecule has 0 aliphatic rings. The Morgan fingerprint density at radius 3 is 2.83 bits per heavy atom. The number of nitrogens with zero attached hydrogens (tertiary/aromatic N) is 1. The summed E-state index contributed by atoms with van der Waals surface area (Å²) in [4.78, 5) is 4.63. The number of halogens is 1.